The summed E-state index contributed by atoms with van der Waals surface area (Å²) in [5, 5.41) is 14.3. The normalized spacial score (nSPS) is 10.1. The third-order valence-electron chi connectivity index (χ3n) is 2.21. The Labute approximate surface area is 122 Å². The van der Waals surface area contributed by atoms with E-state index in [1.807, 2.05) is 0 Å². The van der Waals surface area contributed by atoms with Crippen LogP contribution in [0.15, 0.2) is 18.2 Å². The predicted octanol–water partition coefficient (Wildman–Crippen LogP) is 2.84. The molecule has 1 aromatic heterocycles. The number of amides is 2. The van der Waals surface area contributed by atoms with Crippen LogP contribution in [0.3, 0.4) is 0 Å². The number of aromatic carboxylic acids is 1. The summed E-state index contributed by atoms with van der Waals surface area (Å²) in [5.41, 5.74) is 0.344. The molecule has 0 aliphatic rings. The summed E-state index contributed by atoms with van der Waals surface area (Å²) < 4.78 is 3.92. The smallest absolute Gasteiger partial charge is 0.337 e. The molecule has 0 bridgehead atoms. The van der Waals surface area contributed by atoms with E-state index >= 15 is 0 Å². The minimum absolute atomic E-state index is 0.0302. The lowest BCUT2D eigenvalue weighted by Gasteiger charge is -2.06. The number of carbonyl (C=O) groups excluding carboxylic acids is 1. The first-order valence-electron chi connectivity index (χ1n) is 5.37. The number of hydrogen-bond donors (Lipinski definition) is 3. The molecule has 0 saturated heterocycles. The fourth-order valence-electron chi connectivity index (χ4n) is 1.37. The lowest BCUT2D eigenvalue weighted by Crippen LogP contribution is -2.19. The lowest BCUT2D eigenvalue weighted by molar-refractivity contribution is 0.0697. The lowest BCUT2D eigenvalue weighted by atomic mass is 10.2. The van der Waals surface area contributed by atoms with Crippen molar-refractivity contribution in [1.82, 2.24) is 9.36 Å². The first-order valence-corrected chi connectivity index (χ1v) is 6.52. The van der Waals surface area contributed by atoms with Crippen LogP contribution in [0.2, 0.25) is 5.02 Å². The summed E-state index contributed by atoms with van der Waals surface area (Å²) in [5.74, 6) is -0.561. The minimum atomic E-state index is -1.13. The van der Waals surface area contributed by atoms with Gasteiger partial charge < -0.3 is 10.4 Å². The molecule has 2 amide bonds. The topological polar surface area (TPSA) is 104 Å². The first-order chi connectivity index (χ1) is 9.45. The zero-order valence-electron chi connectivity index (χ0n) is 10.2. The number of aryl methyl sites for hydroxylation is 1. The number of anilines is 2. The van der Waals surface area contributed by atoms with Crippen LogP contribution >= 0.6 is 23.1 Å². The number of carboxylic acids is 1. The van der Waals surface area contributed by atoms with Gasteiger partial charge in [-0.3, -0.25) is 5.32 Å². The molecule has 0 radical (unpaired) electrons. The third kappa shape index (κ3) is 3.43. The van der Waals surface area contributed by atoms with Crippen LogP contribution < -0.4 is 10.6 Å². The van der Waals surface area contributed by atoms with E-state index in [4.69, 9.17) is 16.7 Å². The zero-order chi connectivity index (χ0) is 14.7. The van der Waals surface area contributed by atoms with Crippen molar-refractivity contribution in [3.05, 3.63) is 34.6 Å². The molecule has 9 heteroatoms. The van der Waals surface area contributed by atoms with Crippen molar-refractivity contribution >= 4 is 46.0 Å². The third-order valence-corrected chi connectivity index (χ3v) is 3.24. The van der Waals surface area contributed by atoms with Gasteiger partial charge in [0.2, 0.25) is 5.13 Å². The number of rotatable bonds is 3. The van der Waals surface area contributed by atoms with Gasteiger partial charge in [0, 0.05) is 17.2 Å². The van der Waals surface area contributed by atoms with Crippen LogP contribution in [-0.4, -0.2) is 26.5 Å². The molecular weight excluding hydrogens is 304 g/mol. The number of benzene rings is 1. The van der Waals surface area contributed by atoms with Crippen LogP contribution in [0.1, 0.15) is 16.2 Å². The quantitative estimate of drug-likeness (QED) is 0.808. The van der Waals surface area contributed by atoms with E-state index in [0.29, 0.717) is 16.6 Å². The second kappa shape index (κ2) is 5.85. The monoisotopic (exact) mass is 312 g/mol. The van der Waals surface area contributed by atoms with Gasteiger partial charge in [0.1, 0.15) is 5.82 Å². The van der Waals surface area contributed by atoms with E-state index in [9.17, 15) is 9.59 Å². The van der Waals surface area contributed by atoms with Crippen LogP contribution in [-0.2, 0) is 0 Å². The minimum Gasteiger partial charge on any atom is -0.478 e. The first kappa shape index (κ1) is 14.2. The highest BCUT2D eigenvalue weighted by molar-refractivity contribution is 7.09. The fourth-order valence-corrected chi connectivity index (χ4v) is 2.21. The predicted molar refractivity (Wildman–Crippen MR) is 75.7 cm³/mol. The van der Waals surface area contributed by atoms with Crippen molar-refractivity contribution in [3.8, 4) is 0 Å². The maximum absolute atomic E-state index is 11.7. The molecule has 3 N–H and O–H groups in total. The Morgan fingerprint density at radius 2 is 2.10 bits per heavy atom. The van der Waals surface area contributed by atoms with Gasteiger partial charge in [0.25, 0.3) is 0 Å². The maximum Gasteiger partial charge on any atom is 0.337 e. The summed E-state index contributed by atoms with van der Waals surface area (Å²) in [7, 11) is 0. The molecule has 0 fully saturated rings. The zero-order valence-corrected chi connectivity index (χ0v) is 11.7. The Balaban J connectivity index is 2.04. The number of aromatic nitrogens is 2. The molecule has 104 valence electrons. The molecule has 1 aromatic carbocycles. The Hall–Kier alpha value is -2.19. The van der Waals surface area contributed by atoms with Crippen LogP contribution in [0.5, 0.6) is 0 Å². The van der Waals surface area contributed by atoms with Gasteiger partial charge in [-0.25, -0.2) is 14.6 Å². The Kier molecular flexibility index (Phi) is 4.16. The number of halogens is 1. The van der Waals surface area contributed by atoms with E-state index < -0.39 is 12.0 Å². The van der Waals surface area contributed by atoms with Crippen LogP contribution in [0.25, 0.3) is 0 Å². The fraction of sp³-hybridized carbons (Fsp3) is 0.0909. The Morgan fingerprint density at radius 1 is 1.35 bits per heavy atom. The van der Waals surface area contributed by atoms with Crippen LogP contribution in [0.4, 0.5) is 15.6 Å². The number of nitrogens with one attached hydrogen (secondary N) is 2. The highest BCUT2D eigenvalue weighted by atomic mass is 35.5. The number of carbonyl (C=O) groups is 2. The molecule has 2 rings (SSSR count). The van der Waals surface area contributed by atoms with E-state index in [2.05, 4.69) is 20.0 Å². The summed E-state index contributed by atoms with van der Waals surface area (Å²) in [6.45, 7) is 1.71. The van der Waals surface area contributed by atoms with Gasteiger partial charge in [0.15, 0.2) is 0 Å². The number of carboxylic acid groups (broad SMARTS) is 1. The molecule has 0 atom stereocenters. The van der Waals surface area contributed by atoms with Crippen molar-refractivity contribution in [3.63, 3.8) is 0 Å². The SMILES string of the molecule is Cc1nsc(NC(=O)Nc2ccc(C(=O)O)c(Cl)c2)n1. The molecule has 0 spiro atoms. The molecule has 0 saturated carbocycles. The van der Waals surface area contributed by atoms with E-state index in [0.717, 1.165) is 11.5 Å². The average Bonchev–Trinajstić information content (AvgIpc) is 2.74. The standard InChI is InChI=1S/C11H9ClN4O3S/c1-5-13-11(20-16-5)15-10(19)14-6-2-3-7(9(17)18)8(12)4-6/h2-4H,1H3,(H,17,18)(H2,13,14,15,16,19). The molecule has 0 aliphatic heterocycles. The molecular formula is C11H9ClN4O3S. The number of hydrogen-bond acceptors (Lipinski definition) is 5. The van der Waals surface area contributed by atoms with Gasteiger partial charge in [-0.15, -0.1) is 0 Å². The largest absolute Gasteiger partial charge is 0.478 e. The average molecular weight is 313 g/mol. The van der Waals surface area contributed by atoms with Gasteiger partial charge >= 0.3 is 12.0 Å². The van der Waals surface area contributed by atoms with Gasteiger partial charge in [-0.05, 0) is 25.1 Å². The van der Waals surface area contributed by atoms with Crippen molar-refractivity contribution in [1.29, 1.82) is 0 Å². The van der Waals surface area contributed by atoms with Gasteiger partial charge in [0.05, 0.1) is 10.6 Å². The van der Waals surface area contributed by atoms with Gasteiger partial charge in [-0.1, -0.05) is 11.6 Å². The van der Waals surface area contributed by atoms with E-state index in [-0.39, 0.29) is 10.6 Å². The summed E-state index contributed by atoms with van der Waals surface area (Å²) in [4.78, 5) is 26.5. The number of nitrogens with zero attached hydrogens (tertiary/aromatic N) is 2. The Morgan fingerprint density at radius 3 is 2.65 bits per heavy atom. The highest BCUT2D eigenvalue weighted by Crippen LogP contribution is 2.21. The number of urea groups is 1. The second-order valence-electron chi connectivity index (χ2n) is 3.73. The Bertz CT molecular complexity index is 673. The molecule has 1 heterocycles. The van der Waals surface area contributed by atoms with Crippen LogP contribution in [0, 0.1) is 6.92 Å². The van der Waals surface area contributed by atoms with Crippen molar-refractivity contribution in [2.45, 2.75) is 6.92 Å². The van der Waals surface area contributed by atoms with E-state index in [1.165, 1.54) is 18.2 Å². The van der Waals surface area contributed by atoms with Crippen molar-refractivity contribution < 1.29 is 14.7 Å². The molecule has 0 aliphatic carbocycles. The van der Waals surface area contributed by atoms with Gasteiger partial charge in [-0.2, -0.15) is 4.37 Å². The van der Waals surface area contributed by atoms with Crippen molar-refractivity contribution in [2.24, 2.45) is 0 Å². The molecule has 0 unspecified atom stereocenters. The molecule has 2 aromatic rings. The summed E-state index contributed by atoms with van der Waals surface area (Å²) >= 11 is 6.86. The van der Waals surface area contributed by atoms with Crippen molar-refractivity contribution in [2.75, 3.05) is 10.6 Å². The summed E-state index contributed by atoms with van der Waals surface area (Å²) in [6, 6.07) is 3.60. The highest BCUT2D eigenvalue weighted by Gasteiger charge is 2.11. The maximum atomic E-state index is 11.7. The van der Waals surface area contributed by atoms with E-state index in [1.54, 1.807) is 6.92 Å². The molecule has 20 heavy (non-hydrogen) atoms. The summed E-state index contributed by atoms with van der Waals surface area (Å²) in [6.07, 6.45) is 0. The second-order valence-corrected chi connectivity index (χ2v) is 4.88. The molecule has 7 nitrogen and oxygen atoms in total.